The zero-order valence-electron chi connectivity index (χ0n) is 10.2. The maximum Gasteiger partial charge on any atom is 0.224 e. The van der Waals surface area contributed by atoms with Crippen LogP contribution in [0.15, 0.2) is 24.3 Å². The van der Waals surface area contributed by atoms with E-state index in [9.17, 15) is 4.79 Å². The molecule has 0 spiro atoms. The fourth-order valence-corrected chi connectivity index (χ4v) is 1.29. The van der Waals surface area contributed by atoms with E-state index in [1.165, 1.54) is 0 Å². The van der Waals surface area contributed by atoms with Crippen molar-refractivity contribution in [2.45, 2.75) is 33.2 Å². The molecule has 1 amide bonds. The van der Waals surface area contributed by atoms with Gasteiger partial charge in [0.05, 0.1) is 6.42 Å². The van der Waals surface area contributed by atoms with Crippen molar-refractivity contribution >= 4 is 11.6 Å². The predicted molar refractivity (Wildman–Crippen MR) is 67.0 cm³/mol. The highest BCUT2D eigenvalue weighted by atomic mass is 16.1. The monoisotopic (exact) mass is 220 g/mol. The normalized spacial score (nSPS) is 12.5. The van der Waals surface area contributed by atoms with Crippen LogP contribution in [0.5, 0.6) is 0 Å². The SMILES string of the molecule is CC(C)C(C)NC(=O)Cc1ccc(N)cc1. The van der Waals surface area contributed by atoms with Crippen LogP contribution in [0.4, 0.5) is 5.69 Å². The van der Waals surface area contributed by atoms with E-state index in [4.69, 9.17) is 5.73 Å². The molecule has 0 aliphatic carbocycles. The van der Waals surface area contributed by atoms with Gasteiger partial charge < -0.3 is 11.1 Å². The Morgan fingerprint density at radius 1 is 1.25 bits per heavy atom. The van der Waals surface area contributed by atoms with Crippen LogP contribution in [0.1, 0.15) is 26.3 Å². The van der Waals surface area contributed by atoms with Gasteiger partial charge in [0.15, 0.2) is 0 Å². The number of hydrogen-bond acceptors (Lipinski definition) is 2. The Kier molecular flexibility index (Phi) is 4.35. The molecule has 1 aromatic carbocycles. The second-order valence-electron chi connectivity index (χ2n) is 4.52. The molecule has 88 valence electrons. The molecule has 0 saturated heterocycles. The summed E-state index contributed by atoms with van der Waals surface area (Å²) in [5.41, 5.74) is 7.29. The highest BCUT2D eigenvalue weighted by Gasteiger charge is 2.10. The third kappa shape index (κ3) is 3.93. The molecule has 1 atom stereocenters. The van der Waals surface area contributed by atoms with Gasteiger partial charge in [0, 0.05) is 11.7 Å². The second kappa shape index (κ2) is 5.54. The third-order valence-electron chi connectivity index (χ3n) is 2.73. The quantitative estimate of drug-likeness (QED) is 0.762. The lowest BCUT2D eigenvalue weighted by atomic mass is 10.1. The summed E-state index contributed by atoms with van der Waals surface area (Å²) in [6, 6.07) is 7.61. The van der Waals surface area contributed by atoms with E-state index in [1.54, 1.807) is 0 Å². The minimum atomic E-state index is 0.0611. The van der Waals surface area contributed by atoms with Gasteiger partial charge >= 0.3 is 0 Å². The van der Waals surface area contributed by atoms with Crippen LogP contribution in [-0.2, 0) is 11.2 Å². The Bertz CT molecular complexity index is 343. The van der Waals surface area contributed by atoms with Crippen molar-refractivity contribution in [3.05, 3.63) is 29.8 Å². The van der Waals surface area contributed by atoms with Crippen LogP contribution >= 0.6 is 0 Å². The van der Waals surface area contributed by atoms with Crippen LogP contribution in [0, 0.1) is 5.92 Å². The minimum absolute atomic E-state index is 0.0611. The molecule has 3 nitrogen and oxygen atoms in total. The number of nitrogens with one attached hydrogen (secondary N) is 1. The summed E-state index contributed by atoms with van der Waals surface area (Å²) in [6.07, 6.45) is 0.414. The molecule has 3 heteroatoms. The molecule has 16 heavy (non-hydrogen) atoms. The lowest BCUT2D eigenvalue weighted by Crippen LogP contribution is -2.37. The number of hydrogen-bond donors (Lipinski definition) is 2. The number of amides is 1. The van der Waals surface area contributed by atoms with Crippen molar-refractivity contribution < 1.29 is 4.79 Å². The van der Waals surface area contributed by atoms with Gasteiger partial charge in [-0.15, -0.1) is 0 Å². The van der Waals surface area contributed by atoms with Gasteiger partial charge in [-0.1, -0.05) is 26.0 Å². The van der Waals surface area contributed by atoms with E-state index in [0.29, 0.717) is 12.3 Å². The molecule has 1 aromatic rings. The minimum Gasteiger partial charge on any atom is -0.399 e. The number of rotatable bonds is 4. The van der Waals surface area contributed by atoms with Crippen molar-refractivity contribution in [2.75, 3.05) is 5.73 Å². The zero-order valence-corrected chi connectivity index (χ0v) is 10.2. The summed E-state index contributed by atoms with van der Waals surface area (Å²) in [4.78, 5) is 11.7. The zero-order chi connectivity index (χ0) is 12.1. The molecule has 1 rings (SSSR count). The highest BCUT2D eigenvalue weighted by Crippen LogP contribution is 2.07. The largest absolute Gasteiger partial charge is 0.399 e. The van der Waals surface area contributed by atoms with E-state index in [-0.39, 0.29) is 11.9 Å². The summed E-state index contributed by atoms with van der Waals surface area (Å²) in [5.74, 6) is 0.515. The molecular weight excluding hydrogens is 200 g/mol. The second-order valence-corrected chi connectivity index (χ2v) is 4.52. The van der Waals surface area contributed by atoms with E-state index in [0.717, 1.165) is 11.3 Å². The average Bonchev–Trinajstić information content (AvgIpc) is 2.21. The molecule has 0 radical (unpaired) electrons. The number of nitrogens with two attached hydrogens (primary N) is 1. The number of nitrogen functional groups attached to an aromatic ring is 1. The van der Waals surface area contributed by atoms with Crippen molar-refractivity contribution in [1.29, 1.82) is 0 Å². The van der Waals surface area contributed by atoms with Gasteiger partial charge in [0.2, 0.25) is 5.91 Å². The lowest BCUT2D eigenvalue weighted by Gasteiger charge is -2.17. The molecule has 0 saturated carbocycles. The van der Waals surface area contributed by atoms with Gasteiger partial charge in [-0.2, -0.15) is 0 Å². The number of carbonyl (C=O) groups excluding carboxylic acids is 1. The molecule has 0 bridgehead atoms. The first kappa shape index (κ1) is 12.6. The summed E-state index contributed by atoms with van der Waals surface area (Å²) in [6.45, 7) is 6.20. The van der Waals surface area contributed by atoms with Crippen LogP contribution in [0.25, 0.3) is 0 Å². The molecule has 0 heterocycles. The third-order valence-corrected chi connectivity index (χ3v) is 2.73. The molecule has 0 aliphatic rings. The predicted octanol–water partition coefficient (Wildman–Crippen LogP) is 1.97. The molecular formula is C13H20N2O. The van der Waals surface area contributed by atoms with E-state index < -0.39 is 0 Å². The maximum absolute atomic E-state index is 11.7. The Morgan fingerprint density at radius 3 is 2.31 bits per heavy atom. The highest BCUT2D eigenvalue weighted by molar-refractivity contribution is 5.78. The van der Waals surface area contributed by atoms with Crippen LogP contribution in [0.3, 0.4) is 0 Å². The van der Waals surface area contributed by atoms with Crippen LogP contribution in [0.2, 0.25) is 0 Å². The fraction of sp³-hybridized carbons (Fsp3) is 0.462. The fourth-order valence-electron chi connectivity index (χ4n) is 1.29. The number of benzene rings is 1. The van der Waals surface area contributed by atoms with Gasteiger partial charge in [-0.25, -0.2) is 0 Å². The summed E-state index contributed by atoms with van der Waals surface area (Å²) in [5, 5.41) is 2.97. The van der Waals surface area contributed by atoms with E-state index in [1.807, 2.05) is 31.2 Å². The summed E-state index contributed by atoms with van der Waals surface area (Å²) in [7, 11) is 0. The molecule has 3 N–H and O–H groups in total. The number of anilines is 1. The molecule has 0 fully saturated rings. The van der Waals surface area contributed by atoms with Crippen LogP contribution < -0.4 is 11.1 Å². The van der Waals surface area contributed by atoms with E-state index in [2.05, 4.69) is 19.2 Å². The summed E-state index contributed by atoms with van der Waals surface area (Å²) >= 11 is 0. The molecule has 0 aromatic heterocycles. The Morgan fingerprint density at radius 2 is 1.81 bits per heavy atom. The Balaban J connectivity index is 2.48. The average molecular weight is 220 g/mol. The van der Waals surface area contributed by atoms with Crippen molar-refractivity contribution in [2.24, 2.45) is 5.92 Å². The van der Waals surface area contributed by atoms with E-state index >= 15 is 0 Å². The van der Waals surface area contributed by atoms with Crippen molar-refractivity contribution in [1.82, 2.24) is 5.32 Å². The summed E-state index contributed by atoms with van der Waals surface area (Å²) < 4.78 is 0. The topological polar surface area (TPSA) is 55.1 Å². The number of carbonyl (C=O) groups is 1. The lowest BCUT2D eigenvalue weighted by molar-refractivity contribution is -0.121. The van der Waals surface area contributed by atoms with Gasteiger partial charge in [-0.05, 0) is 30.5 Å². The molecule has 0 aliphatic heterocycles. The van der Waals surface area contributed by atoms with Gasteiger partial charge in [0.1, 0.15) is 0 Å². The molecule has 1 unspecified atom stereocenters. The first-order valence-electron chi connectivity index (χ1n) is 5.63. The van der Waals surface area contributed by atoms with Crippen molar-refractivity contribution in [3.63, 3.8) is 0 Å². The maximum atomic E-state index is 11.7. The standard InChI is InChI=1S/C13H20N2O/c1-9(2)10(3)15-13(16)8-11-4-6-12(14)7-5-11/h4-7,9-10H,8,14H2,1-3H3,(H,15,16). The first-order chi connectivity index (χ1) is 7.49. The smallest absolute Gasteiger partial charge is 0.224 e. The van der Waals surface area contributed by atoms with Gasteiger partial charge in [-0.3, -0.25) is 4.79 Å². The van der Waals surface area contributed by atoms with Gasteiger partial charge in [0.25, 0.3) is 0 Å². The van der Waals surface area contributed by atoms with Crippen molar-refractivity contribution in [3.8, 4) is 0 Å². The Labute approximate surface area is 97.0 Å². The first-order valence-corrected chi connectivity index (χ1v) is 5.63. The Hall–Kier alpha value is -1.51. The van der Waals surface area contributed by atoms with Crippen LogP contribution in [-0.4, -0.2) is 11.9 Å².